The van der Waals surface area contributed by atoms with Crippen LogP contribution in [0.25, 0.3) is 11.5 Å². The first-order valence-electron chi connectivity index (χ1n) is 8.18. The number of sulfone groups is 1. The van der Waals surface area contributed by atoms with Crippen molar-refractivity contribution in [3.05, 3.63) is 36.1 Å². The van der Waals surface area contributed by atoms with Crippen LogP contribution in [-0.2, 0) is 15.3 Å². The van der Waals surface area contributed by atoms with Gasteiger partial charge in [0.1, 0.15) is 16.5 Å². The van der Waals surface area contributed by atoms with Crippen LogP contribution in [0, 0.1) is 5.82 Å². The summed E-state index contributed by atoms with van der Waals surface area (Å²) in [6, 6.07) is 3.61. The Morgan fingerprint density at radius 2 is 1.93 bits per heavy atom. The Balaban J connectivity index is 1.85. The van der Waals surface area contributed by atoms with E-state index < -0.39 is 15.7 Å². The minimum atomic E-state index is -3.65. The third kappa shape index (κ3) is 4.09. The van der Waals surface area contributed by atoms with E-state index in [1.807, 2.05) is 20.8 Å². The molecule has 0 saturated heterocycles. The topological polar surface area (TPSA) is 137 Å². The maximum absolute atomic E-state index is 14.0. The molecular formula is C17H19FN6O3S. The predicted octanol–water partition coefficient (Wildman–Crippen LogP) is 2.69. The van der Waals surface area contributed by atoms with E-state index in [1.54, 1.807) is 0 Å². The molecule has 3 aromatic rings. The highest BCUT2D eigenvalue weighted by atomic mass is 32.2. The molecule has 0 aliphatic heterocycles. The molecule has 0 aliphatic rings. The molecule has 0 amide bonds. The molecule has 0 unspecified atom stereocenters. The molecular weight excluding hydrogens is 387 g/mol. The minimum Gasteiger partial charge on any atom is -0.420 e. The van der Waals surface area contributed by atoms with Crippen LogP contribution in [0.4, 0.5) is 21.8 Å². The Labute approximate surface area is 161 Å². The average molecular weight is 406 g/mol. The molecule has 0 spiro atoms. The third-order valence-electron chi connectivity index (χ3n) is 3.70. The van der Waals surface area contributed by atoms with Crippen LogP contribution in [0.2, 0.25) is 0 Å². The lowest BCUT2D eigenvalue weighted by Crippen LogP contribution is -2.11. The molecule has 0 saturated carbocycles. The summed E-state index contributed by atoms with van der Waals surface area (Å²) in [4.78, 5) is 7.83. The van der Waals surface area contributed by atoms with Crippen molar-refractivity contribution in [3.8, 4) is 11.5 Å². The molecule has 1 aromatic carbocycles. The van der Waals surface area contributed by atoms with Gasteiger partial charge in [-0.05, 0) is 18.2 Å². The van der Waals surface area contributed by atoms with Gasteiger partial charge in [-0.3, -0.25) is 0 Å². The van der Waals surface area contributed by atoms with Crippen LogP contribution >= 0.6 is 0 Å². The van der Waals surface area contributed by atoms with Crippen LogP contribution in [0.3, 0.4) is 0 Å². The lowest BCUT2D eigenvalue weighted by Gasteiger charge is -2.11. The Morgan fingerprint density at radius 1 is 1.21 bits per heavy atom. The molecule has 9 nitrogen and oxygen atoms in total. The lowest BCUT2D eigenvalue weighted by atomic mass is 9.97. The van der Waals surface area contributed by atoms with E-state index in [0.717, 1.165) is 18.4 Å². The second-order valence-electron chi connectivity index (χ2n) is 7.20. The summed E-state index contributed by atoms with van der Waals surface area (Å²) < 4.78 is 42.6. The molecule has 11 heteroatoms. The first kappa shape index (κ1) is 19.7. The molecule has 28 heavy (non-hydrogen) atoms. The highest BCUT2D eigenvalue weighted by molar-refractivity contribution is 7.90. The van der Waals surface area contributed by atoms with Crippen molar-refractivity contribution < 1.29 is 17.2 Å². The average Bonchev–Trinajstić information content (AvgIpc) is 3.03. The van der Waals surface area contributed by atoms with Gasteiger partial charge in [0, 0.05) is 23.6 Å². The Morgan fingerprint density at radius 3 is 2.46 bits per heavy atom. The number of nitrogens with zero attached hydrogens (tertiary/aromatic N) is 4. The molecule has 2 aromatic heterocycles. The maximum atomic E-state index is 14.0. The van der Waals surface area contributed by atoms with Gasteiger partial charge in [0.15, 0.2) is 9.84 Å². The van der Waals surface area contributed by atoms with Crippen molar-refractivity contribution >= 4 is 27.3 Å². The predicted molar refractivity (Wildman–Crippen MR) is 101 cm³/mol. The van der Waals surface area contributed by atoms with Crippen LogP contribution < -0.4 is 11.1 Å². The number of rotatable bonds is 4. The Hall–Kier alpha value is -3.08. The number of hydrogen-bond acceptors (Lipinski definition) is 9. The summed E-state index contributed by atoms with van der Waals surface area (Å²) in [5, 5.41) is 10.7. The van der Waals surface area contributed by atoms with E-state index in [-0.39, 0.29) is 33.7 Å². The number of nitrogens with two attached hydrogens (primary N) is 1. The SMILES string of the molecule is CC(C)(C)c1nnc(-c2cnc(Nc3ccc(S(C)(=O)=O)c(F)c3)nc2N)o1. The maximum Gasteiger partial charge on any atom is 0.253 e. The summed E-state index contributed by atoms with van der Waals surface area (Å²) in [5.74, 6) is -0.0427. The number of hydrogen-bond donors (Lipinski definition) is 2. The number of nitrogen functional groups attached to an aromatic ring is 1. The van der Waals surface area contributed by atoms with Gasteiger partial charge in [0.25, 0.3) is 5.89 Å². The van der Waals surface area contributed by atoms with Crippen LogP contribution in [-0.4, -0.2) is 34.8 Å². The highest BCUT2D eigenvalue weighted by Crippen LogP contribution is 2.28. The zero-order valence-electron chi connectivity index (χ0n) is 15.7. The summed E-state index contributed by atoms with van der Waals surface area (Å²) in [6.45, 7) is 5.81. The second-order valence-corrected chi connectivity index (χ2v) is 9.18. The largest absolute Gasteiger partial charge is 0.420 e. The van der Waals surface area contributed by atoms with Gasteiger partial charge in [-0.2, -0.15) is 4.98 Å². The monoisotopic (exact) mass is 406 g/mol. The second kappa shape index (κ2) is 6.82. The fourth-order valence-corrected chi connectivity index (χ4v) is 2.99. The third-order valence-corrected chi connectivity index (χ3v) is 4.83. The number of benzene rings is 1. The van der Waals surface area contributed by atoms with Crippen LogP contribution in [0.5, 0.6) is 0 Å². The van der Waals surface area contributed by atoms with Crippen molar-refractivity contribution in [1.82, 2.24) is 20.2 Å². The molecule has 0 radical (unpaired) electrons. The van der Waals surface area contributed by atoms with Crippen molar-refractivity contribution in [3.63, 3.8) is 0 Å². The van der Waals surface area contributed by atoms with Crippen molar-refractivity contribution in [2.75, 3.05) is 17.3 Å². The fraction of sp³-hybridized carbons (Fsp3) is 0.294. The molecule has 148 valence electrons. The summed E-state index contributed by atoms with van der Waals surface area (Å²) in [6.07, 6.45) is 2.34. The fourth-order valence-electron chi connectivity index (χ4n) is 2.26. The number of aromatic nitrogens is 4. The minimum absolute atomic E-state index is 0.0924. The summed E-state index contributed by atoms with van der Waals surface area (Å²) in [7, 11) is -3.65. The van der Waals surface area contributed by atoms with E-state index in [2.05, 4.69) is 25.5 Å². The molecule has 0 atom stereocenters. The number of halogens is 1. The quantitative estimate of drug-likeness (QED) is 0.670. The standard InChI is InChI=1S/C17H19FN6O3S/c1-17(2,3)15-24-23-14(27-15)10-8-20-16(22-13(10)19)21-9-5-6-12(11(18)7-9)28(4,25)26/h5-8H,1-4H3,(H3,19,20,21,22). The first-order chi connectivity index (χ1) is 12.9. The van der Waals surface area contributed by atoms with E-state index in [9.17, 15) is 12.8 Å². The molecule has 0 fully saturated rings. The van der Waals surface area contributed by atoms with E-state index in [0.29, 0.717) is 11.5 Å². The number of anilines is 3. The van der Waals surface area contributed by atoms with Gasteiger partial charge in [-0.25, -0.2) is 17.8 Å². The molecule has 3 rings (SSSR count). The van der Waals surface area contributed by atoms with Crippen molar-refractivity contribution in [2.24, 2.45) is 0 Å². The first-order valence-corrected chi connectivity index (χ1v) is 10.1. The molecule has 0 aliphatic carbocycles. The Kier molecular flexibility index (Phi) is 4.79. The van der Waals surface area contributed by atoms with E-state index in [1.165, 1.54) is 12.3 Å². The molecule has 0 bridgehead atoms. The highest BCUT2D eigenvalue weighted by Gasteiger charge is 2.23. The van der Waals surface area contributed by atoms with E-state index in [4.69, 9.17) is 10.2 Å². The van der Waals surface area contributed by atoms with Gasteiger partial charge in [0.05, 0.1) is 5.56 Å². The molecule has 2 heterocycles. The smallest absolute Gasteiger partial charge is 0.253 e. The zero-order valence-corrected chi connectivity index (χ0v) is 16.5. The normalized spacial score (nSPS) is 12.2. The van der Waals surface area contributed by atoms with Gasteiger partial charge in [0.2, 0.25) is 11.8 Å². The lowest BCUT2D eigenvalue weighted by molar-refractivity contribution is 0.399. The molecule has 3 N–H and O–H groups in total. The number of nitrogens with one attached hydrogen (secondary N) is 1. The Bertz CT molecular complexity index is 1140. The van der Waals surface area contributed by atoms with E-state index >= 15 is 0 Å². The van der Waals surface area contributed by atoms with Gasteiger partial charge in [-0.15, -0.1) is 10.2 Å². The zero-order chi connectivity index (χ0) is 20.7. The van der Waals surface area contributed by atoms with Crippen LogP contribution in [0.1, 0.15) is 26.7 Å². The summed E-state index contributed by atoms with van der Waals surface area (Å²) in [5.41, 5.74) is 6.29. The van der Waals surface area contributed by atoms with Gasteiger partial charge >= 0.3 is 0 Å². The van der Waals surface area contributed by atoms with Crippen LogP contribution in [0.15, 0.2) is 33.7 Å². The van der Waals surface area contributed by atoms with Crippen molar-refractivity contribution in [2.45, 2.75) is 31.1 Å². The van der Waals surface area contributed by atoms with Gasteiger partial charge in [-0.1, -0.05) is 20.8 Å². The van der Waals surface area contributed by atoms with Crippen molar-refractivity contribution in [1.29, 1.82) is 0 Å². The van der Waals surface area contributed by atoms with Gasteiger partial charge < -0.3 is 15.5 Å². The summed E-state index contributed by atoms with van der Waals surface area (Å²) >= 11 is 0.